The molecule has 0 aromatic carbocycles. The molecule has 114 valence electrons. The molecule has 3 nitrogen and oxygen atoms in total. The van der Waals surface area contributed by atoms with Crippen LogP contribution in [0.1, 0.15) is 58.7 Å². The van der Waals surface area contributed by atoms with Crippen molar-refractivity contribution in [3.05, 3.63) is 18.2 Å². The van der Waals surface area contributed by atoms with Crippen molar-refractivity contribution in [2.45, 2.75) is 59.4 Å². The van der Waals surface area contributed by atoms with Crippen LogP contribution in [-0.4, -0.2) is 22.6 Å². The van der Waals surface area contributed by atoms with Gasteiger partial charge in [0, 0.05) is 24.9 Å². The lowest BCUT2D eigenvalue weighted by Crippen LogP contribution is -2.34. The van der Waals surface area contributed by atoms with E-state index in [1.54, 1.807) is 0 Å². The summed E-state index contributed by atoms with van der Waals surface area (Å²) in [6.45, 7) is 12.4. The second-order valence-electron chi connectivity index (χ2n) is 6.56. The van der Waals surface area contributed by atoms with Gasteiger partial charge in [0.15, 0.2) is 0 Å². The van der Waals surface area contributed by atoms with Crippen LogP contribution in [0.4, 0.5) is 0 Å². The average molecular weight is 277 g/mol. The molecule has 3 heteroatoms. The van der Waals surface area contributed by atoms with E-state index in [0.717, 1.165) is 37.4 Å². The predicted octanol–water partition coefficient (Wildman–Crippen LogP) is 3.67. The van der Waals surface area contributed by atoms with E-state index in [4.69, 9.17) is 4.98 Å². The van der Waals surface area contributed by atoms with Crippen molar-refractivity contribution in [3.63, 3.8) is 0 Å². The summed E-state index contributed by atoms with van der Waals surface area (Å²) in [5.74, 6) is 4.35. The first-order valence-corrected chi connectivity index (χ1v) is 8.39. The van der Waals surface area contributed by atoms with Crippen LogP contribution in [0.5, 0.6) is 0 Å². The predicted molar refractivity (Wildman–Crippen MR) is 84.9 cm³/mol. The minimum Gasteiger partial charge on any atom is -0.335 e. The highest BCUT2D eigenvalue weighted by Crippen LogP contribution is 2.42. The van der Waals surface area contributed by atoms with Crippen LogP contribution in [0, 0.1) is 17.8 Å². The molecule has 1 fully saturated rings. The van der Waals surface area contributed by atoms with Crippen molar-refractivity contribution in [1.82, 2.24) is 14.9 Å². The minimum atomic E-state index is 0.630. The van der Waals surface area contributed by atoms with Gasteiger partial charge in [0.1, 0.15) is 5.82 Å². The molecule has 2 rings (SSSR count). The second-order valence-corrected chi connectivity index (χ2v) is 6.56. The maximum absolute atomic E-state index is 4.70. The summed E-state index contributed by atoms with van der Waals surface area (Å²) < 4.78 is 2.34. The standard InChI is InChI=1S/C17H31N3/c1-5-18-12-15-8-7-14(13(3)4)11-16(15)17-19-9-10-20(17)6-2/h9-10,13-16,18H,5-8,11-12H2,1-4H3. The van der Waals surface area contributed by atoms with E-state index in [-0.39, 0.29) is 0 Å². The maximum Gasteiger partial charge on any atom is 0.112 e. The third kappa shape index (κ3) is 3.43. The lowest BCUT2D eigenvalue weighted by atomic mass is 9.70. The molecule has 3 atom stereocenters. The summed E-state index contributed by atoms with van der Waals surface area (Å²) in [6, 6.07) is 0. The molecule has 3 unspecified atom stereocenters. The van der Waals surface area contributed by atoms with Gasteiger partial charge in [-0.3, -0.25) is 0 Å². The zero-order chi connectivity index (χ0) is 14.5. The van der Waals surface area contributed by atoms with Gasteiger partial charge in [0.05, 0.1) is 0 Å². The van der Waals surface area contributed by atoms with Gasteiger partial charge in [-0.15, -0.1) is 0 Å². The Morgan fingerprint density at radius 1 is 1.35 bits per heavy atom. The van der Waals surface area contributed by atoms with Crippen LogP contribution in [-0.2, 0) is 6.54 Å². The summed E-state index contributed by atoms with van der Waals surface area (Å²) in [5.41, 5.74) is 0. The number of imidazole rings is 1. The molecule has 0 aliphatic heterocycles. The zero-order valence-corrected chi connectivity index (χ0v) is 13.6. The van der Waals surface area contributed by atoms with Crippen LogP contribution in [0.3, 0.4) is 0 Å². The molecule has 0 saturated heterocycles. The first-order valence-electron chi connectivity index (χ1n) is 8.39. The van der Waals surface area contributed by atoms with Gasteiger partial charge in [0.25, 0.3) is 0 Å². The topological polar surface area (TPSA) is 29.9 Å². The molecule has 0 radical (unpaired) electrons. The Balaban J connectivity index is 2.16. The van der Waals surface area contributed by atoms with E-state index in [1.165, 1.54) is 25.1 Å². The number of rotatable bonds is 6. The van der Waals surface area contributed by atoms with E-state index in [1.807, 2.05) is 6.20 Å². The lowest BCUT2D eigenvalue weighted by Gasteiger charge is -2.38. The SMILES string of the molecule is CCNCC1CCC(C(C)C)CC1c1nccn1CC. The summed E-state index contributed by atoms with van der Waals surface area (Å²) in [5, 5.41) is 3.55. The van der Waals surface area contributed by atoms with Gasteiger partial charge in [-0.2, -0.15) is 0 Å². The smallest absolute Gasteiger partial charge is 0.112 e. The van der Waals surface area contributed by atoms with Gasteiger partial charge in [-0.1, -0.05) is 20.8 Å². The van der Waals surface area contributed by atoms with E-state index in [2.05, 4.69) is 43.8 Å². The quantitative estimate of drug-likeness (QED) is 0.860. The molecule has 1 saturated carbocycles. The Bertz CT molecular complexity index is 397. The minimum absolute atomic E-state index is 0.630. The fourth-order valence-electron chi connectivity index (χ4n) is 3.68. The van der Waals surface area contributed by atoms with Gasteiger partial charge in [-0.25, -0.2) is 4.98 Å². The first-order chi connectivity index (χ1) is 9.67. The fourth-order valence-corrected chi connectivity index (χ4v) is 3.68. The van der Waals surface area contributed by atoms with Crippen LogP contribution in [0.25, 0.3) is 0 Å². The van der Waals surface area contributed by atoms with Crippen molar-refractivity contribution < 1.29 is 0 Å². The normalized spacial score (nSPS) is 27.1. The van der Waals surface area contributed by atoms with E-state index < -0.39 is 0 Å². The highest BCUT2D eigenvalue weighted by Gasteiger charge is 2.34. The van der Waals surface area contributed by atoms with Crippen molar-refractivity contribution in [1.29, 1.82) is 0 Å². The summed E-state index contributed by atoms with van der Waals surface area (Å²) in [6.07, 6.45) is 8.15. The molecule has 0 spiro atoms. The lowest BCUT2D eigenvalue weighted by molar-refractivity contribution is 0.183. The molecule has 20 heavy (non-hydrogen) atoms. The van der Waals surface area contributed by atoms with Crippen molar-refractivity contribution in [2.75, 3.05) is 13.1 Å². The molecular weight excluding hydrogens is 246 g/mol. The molecule has 1 N–H and O–H groups in total. The molecule has 0 bridgehead atoms. The first kappa shape index (κ1) is 15.6. The third-order valence-corrected chi connectivity index (χ3v) is 5.05. The fraction of sp³-hybridized carbons (Fsp3) is 0.824. The number of nitrogens with one attached hydrogen (secondary N) is 1. The van der Waals surface area contributed by atoms with Crippen molar-refractivity contribution in [3.8, 4) is 0 Å². The Morgan fingerprint density at radius 3 is 2.80 bits per heavy atom. The average Bonchev–Trinajstić information content (AvgIpc) is 2.93. The molecule has 1 aromatic rings. The Morgan fingerprint density at radius 2 is 2.15 bits per heavy atom. The zero-order valence-electron chi connectivity index (χ0n) is 13.6. The highest BCUT2D eigenvalue weighted by atomic mass is 15.1. The van der Waals surface area contributed by atoms with Crippen LogP contribution < -0.4 is 5.32 Å². The molecule has 1 heterocycles. The van der Waals surface area contributed by atoms with Gasteiger partial charge < -0.3 is 9.88 Å². The van der Waals surface area contributed by atoms with Crippen LogP contribution in [0.15, 0.2) is 12.4 Å². The Hall–Kier alpha value is -0.830. The number of nitrogens with zero attached hydrogens (tertiary/aromatic N) is 2. The van der Waals surface area contributed by atoms with Crippen LogP contribution in [0.2, 0.25) is 0 Å². The molecular formula is C17H31N3. The summed E-state index contributed by atoms with van der Waals surface area (Å²) in [7, 11) is 0. The summed E-state index contributed by atoms with van der Waals surface area (Å²) >= 11 is 0. The van der Waals surface area contributed by atoms with Gasteiger partial charge in [-0.05, 0) is 57.0 Å². The molecule has 1 aliphatic rings. The third-order valence-electron chi connectivity index (χ3n) is 5.05. The number of aryl methyl sites for hydroxylation is 1. The number of hydrogen-bond acceptors (Lipinski definition) is 2. The Labute approximate surface area is 124 Å². The van der Waals surface area contributed by atoms with E-state index in [0.29, 0.717) is 5.92 Å². The molecule has 0 amide bonds. The molecule has 1 aromatic heterocycles. The van der Waals surface area contributed by atoms with Crippen LogP contribution >= 0.6 is 0 Å². The highest BCUT2D eigenvalue weighted by molar-refractivity contribution is 5.06. The van der Waals surface area contributed by atoms with Crippen molar-refractivity contribution in [2.24, 2.45) is 17.8 Å². The largest absolute Gasteiger partial charge is 0.335 e. The number of hydrogen-bond donors (Lipinski definition) is 1. The monoisotopic (exact) mass is 277 g/mol. The van der Waals surface area contributed by atoms with E-state index in [9.17, 15) is 0 Å². The number of aromatic nitrogens is 2. The maximum atomic E-state index is 4.70. The molecule has 1 aliphatic carbocycles. The second kappa shape index (κ2) is 7.26. The summed E-state index contributed by atoms with van der Waals surface area (Å²) in [4.78, 5) is 4.70. The van der Waals surface area contributed by atoms with E-state index >= 15 is 0 Å². The van der Waals surface area contributed by atoms with Gasteiger partial charge >= 0.3 is 0 Å². The van der Waals surface area contributed by atoms with Gasteiger partial charge in [0.2, 0.25) is 0 Å². The Kier molecular flexibility index (Phi) is 5.64. The van der Waals surface area contributed by atoms with Crippen molar-refractivity contribution >= 4 is 0 Å².